The molecule has 19 heavy (non-hydrogen) atoms. The highest BCUT2D eigenvalue weighted by atomic mass is 79.9. The van der Waals surface area contributed by atoms with Crippen LogP contribution in [0, 0.1) is 0 Å². The molecular weight excluding hydrogens is 346 g/mol. The number of rotatable bonds is 2. The van der Waals surface area contributed by atoms with Gasteiger partial charge in [-0.25, -0.2) is 0 Å². The Labute approximate surface area is 129 Å². The third-order valence-corrected chi connectivity index (χ3v) is 5.55. The Balaban J connectivity index is 1.98. The van der Waals surface area contributed by atoms with Crippen LogP contribution in [0.25, 0.3) is 0 Å². The van der Waals surface area contributed by atoms with Crippen molar-refractivity contribution in [3.63, 3.8) is 0 Å². The third-order valence-electron chi connectivity index (χ3n) is 3.35. The van der Waals surface area contributed by atoms with Crippen LogP contribution in [0.1, 0.15) is 29.0 Å². The van der Waals surface area contributed by atoms with Crippen LogP contribution in [0.5, 0.6) is 5.75 Å². The first-order valence-corrected chi connectivity index (χ1v) is 8.10. The molecule has 1 aliphatic rings. The lowest BCUT2D eigenvalue weighted by atomic mass is 9.96. The molecule has 3 rings (SSSR count). The van der Waals surface area contributed by atoms with Gasteiger partial charge in [0.25, 0.3) is 0 Å². The maximum atomic E-state index is 6.13. The molecule has 2 aromatic rings. The van der Waals surface area contributed by atoms with Gasteiger partial charge in [-0.1, -0.05) is 11.6 Å². The van der Waals surface area contributed by atoms with Crippen LogP contribution in [-0.2, 0) is 0 Å². The lowest BCUT2D eigenvalue weighted by molar-refractivity contribution is 0.156. The lowest BCUT2D eigenvalue weighted by Crippen LogP contribution is -2.26. The van der Waals surface area contributed by atoms with Gasteiger partial charge in [-0.05, 0) is 52.6 Å². The Hall–Kier alpha value is -0.550. The molecule has 0 spiro atoms. The molecule has 1 aromatic carbocycles. The van der Waals surface area contributed by atoms with Crippen molar-refractivity contribution in [2.75, 3.05) is 7.05 Å². The average molecular weight is 359 g/mol. The summed E-state index contributed by atoms with van der Waals surface area (Å²) < 4.78 is 7.25. The van der Waals surface area contributed by atoms with Crippen LogP contribution in [0.2, 0.25) is 5.02 Å². The van der Waals surface area contributed by atoms with Gasteiger partial charge in [-0.2, -0.15) is 0 Å². The fourth-order valence-electron chi connectivity index (χ4n) is 2.41. The molecule has 0 fully saturated rings. The predicted molar refractivity (Wildman–Crippen MR) is 83.3 cm³/mol. The third kappa shape index (κ3) is 2.55. The summed E-state index contributed by atoms with van der Waals surface area (Å²) in [7, 11) is 1.97. The summed E-state index contributed by atoms with van der Waals surface area (Å²) in [6.45, 7) is 0. The molecule has 1 N–H and O–H groups in total. The number of thiophene rings is 1. The Bertz CT molecular complexity index is 601. The normalized spacial score (nSPS) is 21.8. The van der Waals surface area contributed by atoms with Crippen molar-refractivity contribution in [1.82, 2.24) is 5.32 Å². The fourth-order valence-corrected chi connectivity index (χ4v) is 4.26. The summed E-state index contributed by atoms with van der Waals surface area (Å²) >= 11 is 11.4. The highest BCUT2D eigenvalue weighted by molar-refractivity contribution is 9.10. The summed E-state index contributed by atoms with van der Waals surface area (Å²) in [6, 6.07) is 8.14. The molecule has 5 heteroatoms. The van der Waals surface area contributed by atoms with Gasteiger partial charge in [-0.15, -0.1) is 11.3 Å². The zero-order valence-electron chi connectivity index (χ0n) is 10.3. The molecule has 2 nitrogen and oxygen atoms in total. The second-order valence-corrected chi connectivity index (χ2v) is 6.74. The number of benzene rings is 1. The van der Waals surface area contributed by atoms with E-state index in [4.69, 9.17) is 16.3 Å². The van der Waals surface area contributed by atoms with Crippen molar-refractivity contribution in [3.05, 3.63) is 49.6 Å². The van der Waals surface area contributed by atoms with Crippen LogP contribution in [0.15, 0.2) is 34.1 Å². The number of ether oxygens (including phenoxy) is 1. The first-order chi connectivity index (χ1) is 9.19. The lowest BCUT2D eigenvalue weighted by Gasteiger charge is -2.32. The Morgan fingerprint density at radius 3 is 2.95 bits per heavy atom. The van der Waals surface area contributed by atoms with E-state index in [0.29, 0.717) is 0 Å². The number of fused-ring (bicyclic) bond motifs is 1. The van der Waals surface area contributed by atoms with E-state index in [0.717, 1.165) is 27.2 Å². The summed E-state index contributed by atoms with van der Waals surface area (Å²) in [5.74, 6) is 0.917. The second-order valence-electron chi connectivity index (χ2n) is 4.50. The van der Waals surface area contributed by atoms with Gasteiger partial charge in [0.05, 0.1) is 4.88 Å². The van der Waals surface area contributed by atoms with E-state index >= 15 is 0 Å². The van der Waals surface area contributed by atoms with E-state index in [1.807, 2.05) is 25.2 Å². The topological polar surface area (TPSA) is 21.3 Å². The van der Waals surface area contributed by atoms with Crippen molar-refractivity contribution >= 4 is 38.9 Å². The molecule has 1 aromatic heterocycles. The molecule has 0 bridgehead atoms. The molecule has 0 saturated carbocycles. The molecule has 0 amide bonds. The van der Waals surface area contributed by atoms with Gasteiger partial charge in [0, 0.05) is 27.5 Å². The smallest absolute Gasteiger partial charge is 0.136 e. The quantitative estimate of drug-likeness (QED) is 0.820. The molecular formula is C14H13BrClNOS. The molecule has 2 atom stereocenters. The van der Waals surface area contributed by atoms with Crippen molar-refractivity contribution in [2.45, 2.75) is 18.6 Å². The van der Waals surface area contributed by atoms with Crippen molar-refractivity contribution in [2.24, 2.45) is 0 Å². The van der Waals surface area contributed by atoms with Crippen LogP contribution >= 0.6 is 38.9 Å². The maximum Gasteiger partial charge on any atom is 0.136 e. The van der Waals surface area contributed by atoms with Crippen molar-refractivity contribution in [3.8, 4) is 5.75 Å². The number of hydrogen-bond donors (Lipinski definition) is 1. The van der Waals surface area contributed by atoms with Crippen LogP contribution in [0.4, 0.5) is 0 Å². The minimum atomic E-state index is 0.0838. The minimum absolute atomic E-state index is 0.0838. The predicted octanol–water partition coefficient (Wildman–Crippen LogP) is 4.95. The zero-order valence-corrected chi connectivity index (χ0v) is 13.5. The molecule has 2 heterocycles. The van der Waals surface area contributed by atoms with Gasteiger partial charge in [0.15, 0.2) is 0 Å². The van der Waals surface area contributed by atoms with Crippen LogP contribution < -0.4 is 10.1 Å². The molecule has 0 radical (unpaired) electrons. The largest absolute Gasteiger partial charge is 0.484 e. The first-order valence-electron chi connectivity index (χ1n) is 6.05. The first kappa shape index (κ1) is 13.4. The van der Waals surface area contributed by atoms with E-state index in [1.165, 1.54) is 4.88 Å². The van der Waals surface area contributed by atoms with E-state index in [9.17, 15) is 0 Å². The van der Waals surface area contributed by atoms with Gasteiger partial charge < -0.3 is 10.1 Å². The number of hydrogen-bond acceptors (Lipinski definition) is 3. The highest BCUT2D eigenvalue weighted by Gasteiger charge is 2.30. The average Bonchev–Trinajstić information content (AvgIpc) is 2.84. The number of nitrogens with one attached hydrogen (secondary N) is 1. The SMILES string of the molecule is CNC1CC(c2sccc2Br)Oc2ccc(Cl)cc21. The summed E-state index contributed by atoms with van der Waals surface area (Å²) in [5.41, 5.74) is 1.14. The summed E-state index contributed by atoms with van der Waals surface area (Å²) in [4.78, 5) is 1.24. The standard InChI is InChI=1S/C14H13BrClNOS/c1-17-11-7-13(14-10(15)4-5-19-14)18-12-3-2-8(16)6-9(11)12/h2-6,11,13,17H,7H2,1H3. The molecule has 0 saturated heterocycles. The van der Waals surface area contributed by atoms with Gasteiger partial charge in [0.2, 0.25) is 0 Å². The summed E-state index contributed by atoms with van der Waals surface area (Å²) in [5, 5.41) is 6.18. The van der Waals surface area contributed by atoms with Crippen molar-refractivity contribution in [1.29, 1.82) is 0 Å². The molecule has 2 unspecified atom stereocenters. The second kappa shape index (κ2) is 5.44. The van der Waals surface area contributed by atoms with Gasteiger partial charge in [0.1, 0.15) is 11.9 Å². The molecule has 100 valence electrons. The highest BCUT2D eigenvalue weighted by Crippen LogP contribution is 2.44. The molecule has 1 aliphatic heterocycles. The minimum Gasteiger partial charge on any atom is -0.484 e. The van der Waals surface area contributed by atoms with E-state index < -0.39 is 0 Å². The van der Waals surface area contributed by atoms with E-state index in [1.54, 1.807) is 11.3 Å². The van der Waals surface area contributed by atoms with Crippen molar-refractivity contribution < 1.29 is 4.74 Å². The van der Waals surface area contributed by atoms with Crippen LogP contribution in [-0.4, -0.2) is 7.05 Å². The monoisotopic (exact) mass is 357 g/mol. The molecule has 0 aliphatic carbocycles. The van der Waals surface area contributed by atoms with Gasteiger partial charge in [-0.3, -0.25) is 0 Å². The van der Waals surface area contributed by atoms with Crippen LogP contribution in [0.3, 0.4) is 0 Å². The number of halogens is 2. The Morgan fingerprint density at radius 1 is 1.42 bits per heavy atom. The van der Waals surface area contributed by atoms with E-state index in [-0.39, 0.29) is 12.1 Å². The Kier molecular flexibility index (Phi) is 3.85. The Morgan fingerprint density at radius 2 is 2.26 bits per heavy atom. The maximum absolute atomic E-state index is 6.13. The van der Waals surface area contributed by atoms with Gasteiger partial charge >= 0.3 is 0 Å². The fraction of sp³-hybridized carbons (Fsp3) is 0.286. The van der Waals surface area contributed by atoms with E-state index in [2.05, 4.69) is 32.7 Å². The summed E-state index contributed by atoms with van der Waals surface area (Å²) in [6.07, 6.45) is 0.990. The zero-order chi connectivity index (χ0) is 13.4.